The fraction of sp³-hybridized carbons (Fsp3) is 0.273. The Kier molecular flexibility index (Phi) is 6.72. The SMILES string of the molecule is CC[C@@H](c1ccc(F)cc1)N(CC(=O)Nc1cc(C)on1)Cc1cccc(F)c1. The molecule has 1 N–H and O–H groups in total. The molecule has 5 nitrogen and oxygen atoms in total. The van der Waals surface area contributed by atoms with E-state index in [0.29, 0.717) is 24.5 Å². The number of aromatic nitrogens is 1. The predicted molar refractivity (Wildman–Crippen MR) is 106 cm³/mol. The lowest BCUT2D eigenvalue weighted by Gasteiger charge is -2.31. The Hall–Kier alpha value is -3.06. The van der Waals surface area contributed by atoms with E-state index in [1.165, 1.54) is 24.3 Å². The number of nitrogens with zero attached hydrogens (tertiary/aromatic N) is 2. The summed E-state index contributed by atoms with van der Waals surface area (Å²) in [5.41, 5.74) is 1.63. The number of aryl methyl sites for hydroxylation is 1. The Balaban J connectivity index is 1.83. The lowest BCUT2D eigenvalue weighted by atomic mass is 10.0. The molecule has 7 heteroatoms. The van der Waals surface area contributed by atoms with Crippen molar-refractivity contribution in [1.29, 1.82) is 0 Å². The molecule has 2 aromatic carbocycles. The Morgan fingerprint density at radius 1 is 1.14 bits per heavy atom. The molecule has 0 aliphatic rings. The molecule has 29 heavy (non-hydrogen) atoms. The molecular formula is C22H23F2N3O2. The minimum absolute atomic E-state index is 0.0539. The summed E-state index contributed by atoms with van der Waals surface area (Å²) in [5, 5.41) is 6.49. The highest BCUT2D eigenvalue weighted by Crippen LogP contribution is 2.26. The molecule has 152 valence electrons. The first-order valence-electron chi connectivity index (χ1n) is 9.41. The molecule has 3 rings (SSSR count). The van der Waals surface area contributed by atoms with Crippen LogP contribution >= 0.6 is 0 Å². The summed E-state index contributed by atoms with van der Waals surface area (Å²) in [6, 6.07) is 14.0. The van der Waals surface area contributed by atoms with Crippen LogP contribution in [0.25, 0.3) is 0 Å². The van der Waals surface area contributed by atoms with Gasteiger partial charge in [-0.3, -0.25) is 9.69 Å². The maximum atomic E-state index is 13.7. The van der Waals surface area contributed by atoms with Gasteiger partial charge in [-0.15, -0.1) is 0 Å². The third kappa shape index (κ3) is 5.71. The molecule has 0 saturated carbocycles. The average molecular weight is 399 g/mol. The standard InChI is InChI=1S/C22H23F2N3O2/c1-3-20(17-7-9-18(23)10-8-17)27(13-16-5-4-6-19(24)12-16)14-22(28)25-21-11-15(2)29-26-21/h4-12,20H,3,13-14H2,1-2H3,(H,25,26,28)/t20-/m0/s1. The van der Waals surface area contributed by atoms with Gasteiger partial charge in [0.25, 0.3) is 0 Å². The number of carbonyl (C=O) groups is 1. The van der Waals surface area contributed by atoms with E-state index in [1.807, 2.05) is 17.9 Å². The zero-order chi connectivity index (χ0) is 20.8. The summed E-state index contributed by atoms with van der Waals surface area (Å²) in [7, 11) is 0. The molecule has 0 unspecified atom stereocenters. The first kappa shape index (κ1) is 20.7. The number of rotatable bonds is 8. The predicted octanol–water partition coefficient (Wildman–Crippen LogP) is 4.85. The third-order valence-corrected chi connectivity index (χ3v) is 4.60. The largest absolute Gasteiger partial charge is 0.360 e. The normalized spacial score (nSPS) is 12.2. The van der Waals surface area contributed by atoms with Gasteiger partial charge in [0.05, 0.1) is 6.54 Å². The van der Waals surface area contributed by atoms with Crippen molar-refractivity contribution >= 4 is 11.7 Å². The maximum Gasteiger partial charge on any atom is 0.239 e. The summed E-state index contributed by atoms with van der Waals surface area (Å²) >= 11 is 0. The fourth-order valence-electron chi connectivity index (χ4n) is 3.33. The molecule has 1 heterocycles. The van der Waals surface area contributed by atoms with Crippen LogP contribution in [0.3, 0.4) is 0 Å². The number of hydrogen-bond acceptors (Lipinski definition) is 4. The quantitative estimate of drug-likeness (QED) is 0.588. The van der Waals surface area contributed by atoms with Gasteiger partial charge in [0, 0.05) is 18.7 Å². The lowest BCUT2D eigenvalue weighted by molar-refractivity contribution is -0.118. The number of benzene rings is 2. The van der Waals surface area contributed by atoms with Gasteiger partial charge in [0.1, 0.15) is 17.4 Å². The van der Waals surface area contributed by atoms with Gasteiger partial charge in [-0.25, -0.2) is 8.78 Å². The van der Waals surface area contributed by atoms with E-state index in [4.69, 9.17) is 4.52 Å². The van der Waals surface area contributed by atoms with E-state index in [0.717, 1.165) is 11.1 Å². The van der Waals surface area contributed by atoms with Crippen molar-refractivity contribution in [1.82, 2.24) is 10.1 Å². The molecule has 0 fully saturated rings. The van der Waals surface area contributed by atoms with E-state index >= 15 is 0 Å². The molecule has 0 radical (unpaired) electrons. The monoisotopic (exact) mass is 399 g/mol. The zero-order valence-corrected chi connectivity index (χ0v) is 16.4. The summed E-state index contributed by atoms with van der Waals surface area (Å²) in [6.07, 6.45) is 0.692. The van der Waals surface area contributed by atoms with Gasteiger partial charge in [0.15, 0.2) is 5.82 Å². The van der Waals surface area contributed by atoms with Gasteiger partial charge < -0.3 is 9.84 Å². The minimum atomic E-state index is -0.334. The van der Waals surface area contributed by atoms with Crippen molar-refractivity contribution in [2.45, 2.75) is 32.9 Å². The highest BCUT2D eigenvalue weighted by molar-refractivity contribution is 5.91. The van der Waals surface area contributed by atoms with Gasteiger partial charge in [-0.2, -0.15) is 0 Å². The van der Waals surface area contributed by atoms with E-state index < -0.39 is 0 Å². The van der Waals surface area contributed by atoms with Crippen molar-refractivity contribution in [3.63, 3.8) is 0 Å². The van der Waals surface area contributed by atoms with E-state index in [9.17, 15) is 13.6 Å². The Labute approximate surface area is 168 Å². The minimum Gasteiger partial charge on any atom is -0.360 e. The van der Waals surface area contributed by atoms with Crippen LogP contribution in [-0.2, 0) is 11.3 Å². The van der Waals surface area contributed by atoms with Crippen molar-refractivity contribution < 1.29 is 18.1 Å². The van der Waals surface area contributed by atoms with E-state index in [1.54, 1.807) is 31.2 Å². The van der Waals surface area contributed by atoms with E-state index in [2.05, 4.69) is 10.5 Å². The number of nitrogens with one attached hydrogen (secondary N) is 1. The number of amides is 1. The van der Waals surface area contributed by atoms with Gasteiger partial charge in [-0.05, 0) is 48.7 Å². The molecule has 1 atom stereocenters. The molecule has 0 aliphatic heterocycles. The van der Waals surface area contributed by atoms with Crippen molar-refractivity contribution in [2.24, 2.45) is 0 Å². The van der Waals surface area contributed by atoms with Crippen LogP contribution in [0.1, 0.15) is 36.3 Å². The van der Waals surface area contributed by atoms with Crippen LogP contribution in [0.2, 0.25) is 0 Å². The van der Waals surface area contributed by atoms with Crippen molar-refractivity contribution in [3.8, 4) is 0 Å². The summed E-state index contributed by atoms with van der Waals surface area (Å²) in [5.74, 6) is 0.0113. The second-order valence-corrected chi connectivity index (χ2v) is 6.88. The molecule has 0 bridgehead atoms. The number of carbonyl (C=O) groups excluding carboxylic acids is 1. The topological polar surface area (TPSA) is 58.4 Å². The first-order valence-corrected chi connectivity index (χ1v) is 9.41. The fourth-order valence-corrected chi connectivity index (χ4v) is 3.33. The Morgan fingerprint density at radius 2 is 1.90 bits per heavy atom. The number of halogens is 2. The lowest BCUT2D eigenvalue weighted by Crippen LogP contribution is -2.36. The van der Waals surface area contributed by atoms with Crippen LogP contribution < -0.4 is 5.32 Å². The maximum absolute atomic E-state index is 13.7. The summed E-state index contributed by atoms with van der Waals surface area (Å²) < 4.78 is 32.0. The van der Waals surface area contributed by atoms with Crippen molar-refractivity contribution in [2.75, 3.05) is 11.9 Å². The van der Waals surface area contributed by atoms with Crippen LogP contribution in [0.15, 0.2) is 59.1 Å². The van der Waals surface area contributed by atoms with E-state index in [-0.39, 0.29) is 30.1 Å². The average Bonchev–Trinajstić information content (AvgIpc) is 3.08. The van der Waals surface area contributed by atoms with Gasteiger partial charge >= 0.3 is 0 Å². The highest BCUT2D eigenvalue weighted by Gasteiger charge is 2.22. The van der Waals surface area contributed by atoms with Crippen LogP contribution in [-0.4, -0.2) is 22.5 Å². The summed E-state index contributed by atoms with van der Waals surface area (Å²) in [6.45, 7) is 4.14. The van der Waals surface area contributed by atoms with Crippen LogP contribution in [0.4, 0.5) is 14.6 Å². The molecule has 0 spiro atoms. The molecule has 0 saturated heterocycles. The van der Waals surface area contributed by atoms with Crippen LogP contribution in [0.5, 0.6) is 0 Å². The highest BCUT2D eigenvalue weighted by atomic mass is 19.1. The second kappa shape index (κ2) is 9.43. The molecule has 1 amide bonds. The van der Waals surface area contributed by atoms with Gasteiger partial charge in [0.2, 0.25) is 5.91 Å². The number of hydrogen-bond donors (Lipinski definition) is 1. The van der Waals surface area contributed by atoms with Crippen LogP contribution in [0, 0.1) is 18.6 Å². The second-order valence-electron chi connectivity index (χ2n) is 6.88. The first-order chi connectivity index (χ1) is 13.9. The third-order valence-electron chi connectivity index (χ3n) is 4.60. The van der Waals surface area contributed by atoms with Gasteiger partial charge in [-0.1, -0.05) is 36.3 Å². The summed E-state index contributed by atoms with van der Waals surface area (Å²) in [4.78, 5) is 14.6. The molecule has 1 aromatic heterocycles. The Bertz CT molecular complexity index is 957. The Morgan fingerprint density at radius 3 is 2.52 bits per heavy atom. The molecule has 0 aliphatic carbocycles. The molecular weight excluding hydrogens is 376 g/mol. The number of anilines is 1. The zero-order valence-electron chi connectivity index (χ0n) is 16.4. The smallest absolute Gasteiger partial charge is 0.239 e. The molecule has 3 aromatic rings. The van der Waals surface area contributed by atoms with Crippen molar-refractivity contribution in [3.05, 3.63) is 83.1 Å².